The number of carbonyl (C=O) groups is 1. The molecule has 0 spiro atoms. The van der Waals surface area contributed by atoms with E-state index in [9.17, 15) is 4.79 Å². The van der Waals surface area contributed by atoms with Crippen LogP contribution in [0.4, 0.5) is 0 Å². The number of carbonyl (C=O) groups excluding carboxylic acids is 1. The Morgan fingerprint density at radius 2 is 1.87 bits per heavy atom. The molecule has 0 saturated heterocycles. The fourth-order valence-corrected chi connectivity index (χ4v) is 3.24. The predicted octanol–water partition coefficient (Wildman–Crippen LogP) is 4.24. The van der Waals surface area contributed by atoms with Gasteiger partial charge in [0.25, 0.3) is 5.91 Å². The minimum atomic E-state index is 0.0691. The van der Waals surface area contributed by atoms with E-state index in [1.54, 1.807) is 11.3 Å². The molecular formula is C19H20N2OS. The summed E-state index contributed by atoms with van der Waals surface area (Å²) in [7, 11) is 2.01. The van der Waals surface area contributed by atoms with Crippen LogP contribution >= 0.6 is 11.3 Å². The summed E-state index contributed by atoms with van der Waals surface area (Å²) in [4.78, 5) is 16.0. The van der Waals surface area contributed by atoms with Gasteiger partial charge in [0.15, 0.2) is 0 Å². The lowest BCUT2D eigenvalue weighted by molar-refractivity contribution is 0.0728. The van der Waals surface area contributed by atoms with Crippen LogP contribution in [0.1, 0.15) is 26.5 Å². The third-order valence-corrected chi connectivity index (χ3v) is 4.78. The van der Waals surface area contributed by atoms with Crippen molar-refractivity contribution in [2.45, 2.75) is 20.0 Å². The third-order valence-electron chi connectivity index (χ3n) is 3.92. The number of nitrogens with zero attached hydrogens (tertiary/aromatic N) is 2. The van der Waals surface area contributed by atoms with Gasteiger partial charge in [-0.15, -0.1) is 11.3 Å². The van der Waals surface area contributed by atoms with Crippen molar-refractivity contribution < 1.29 is 4.79 Å². The quantitative estimate of drug-likeness (QED) is 0.689. The number of aryl methyl sites for hydroxylation is 2. The summed E-state index contributed by atoms with van der Waals surface area (Å²) in [5.41, 5.74) is 3.03. The van der Waals surface area contributed by atoms with Crippen LogP contribution < -0.4 is 0 Å². The Balaban J connectivity index is 1.85. The average Bonchev–Trinajstić information content (AvgIpc) is 3.19. The summed E-state index contributed by atoms with van der Waals surface area (Å²) in [5.74, 6) is 0.0691. The van der Waals surface area contributed by atoms with Gasteiger partial charge in [0.05, 0.1) is 13.1 Å². The van der Waals surface area contributed by atoms with E-state index in [4.69, 9.17) is 0 Å². The largest absolute Gasteiger partial charge is 0.353 e. The molecule has 1 aromatic carbocycles. The first-order valence-corrected chi connectivity index (χ1v) is 8.50. The van der Waals surface area contributed by atoms with Crippen LogP contribution in [0.3, 0.4) is 0 Å². The first-order chi connectivity index (χ1) is 11.1. The Kier molecular flexibility index (Phi) is 4.63. The lowest BCUT2D eigenvalue weighted by Gasteiger charge is -2.23. The molecule has 0 aliphatic carbocycles. The molecule has 3 nitrogen and oxygen atoms in total. The van der Waals surface area contributed by atoms with E-state index >= 15 is 0 Å². The van der Waals surface area contributed by atoms with Crippen LogP contribution in [0.5, 0.6) is 0 Å². The van der Waals surface area contributed by atoms with Gasteiger partial charge in [0.2, 0.25) is 0 Å². The molecule has 0 aliphatic rings. The number of rotatable bonds is 5. The van der Waals surface area contributed by atoms with Crippen molar-refractivity contribution in [3.63, 3.8) is 0 Å². The van der Waals surface area contributed by atoms with Crippen molar-refractivity contribution in [2.24, 2.45) is 7.05 Å². The molecule has 3 aromatic rings. The highest BCUT2D eigenvalue weighted by atomic mass is 32.1. The zero-order valence-corrected chi connectivity index (χ0v) is 14.2. The van der Waals surface area contributed by atoms with Crippen LogP contribution in [-0.4, -0.2) is 15.4 Å². The molecule has 118 valence electrons. The van der Waals surface area contributed by atoms with Gasteiger partial charge in [-0.05, 0) is 42.6 Å². The van der Waals surface area contributed by atoms with Gasteiger partial charge < -0.3 is 9.47 Å². The monoisotopic (exact) mass is 324 g/mol. The lowest BCUT2D eigenvalue weighted by Crippen LogP contribution is -2.30. The zero-order chi connectivity index (χ0) is 16.2. The van der Waals surface area contributed by atoms with E-state index in [0.717, 1.165) is 16.8 Å². The maximum atomic E-state index is 12.9. The molecule has 1 amide bonds. The summed E-state index contributed by atoms with van der Waals surface area (Å²) in [6.45, 7) is 3.27. The van der Waals surface area contributed by atoms with E-state index in [0.29, 0.717) is 13.1 Å². The highest BCUT2D eigenvalue weighted by Gasteiger charge is 2.18. The van der Waals surface area contributed by atoms with Crippen molar-refractivity contribution in [2.75, 3.05) is 0 Å². The molecule has 0 saturated carbocycles. The normalized spacial score (nSPS) is 10.7. The molecule has 23 heavy (non-hydrogen) atoms. The molecule has 0 radical (unpaired) electrons. The molecule has 2 aromatic heterocycles. The predicted molar refractivity (Wildman–Crippen MR) is 94.5 cm³/mol. The Morgan fingerprint density at radius 1 is 1.09 bits per heavy atom. The van der Waals surface area contributed by atoms with Gasteiger partial charge in [-0.2, -0.15) is 0 Å². The SMILES string of the molecule is Cc1ccc(C(=O)N(Cc2cccs2)Cc2cccn2C)cc1. The summed E-state index contributed by atoms with van der Waals surface area (Å²) in [6, 6.07) is 16.0. The number of hydrogen-bond donors (Lipinski definition) is 0. The lowest BCUT2D eigenvalue weighted by atomic mass is 10.1. The highest BCUT2D eigenvalue weighted by Crippen LogP contribution is 2.17. The summed E-state index contributed by atoms with van der Waals surface area (Å²) in [6.07, 6.45) is 2.01. The van der Waals surface area contributed by atoms with Crippen molar-refractivity contribution in [1.29, 1.82) is 0 Å². The maximum Gasteiger partial charge on any atom is 0.254 e. The summed E-state index contributed by atoms with van der Waals surface area (Å²) >= 11 is 1.68. The first-order valence-electron chi connectivity index (χ1n) is 7.62. The minimum Gasteiger partial charge on any atom is -0.353 e. The van der Waals surface area contributed by atoms with Gasteiger partial charge in [-0.1, -0.05) is 23.8 Å². The number of aromatic nitrogens is 1. The Bertz CT molecular complexity index is 772. The first kappa shape index (κ1) is 15.6. The molecule has 0 unspecified atom stereocenters. The van der Waals surface area contributed by atoms with Gasteiger partial charge in [-0.25, -0.2) is 0 Å². The fraction of sp³-hybridized carbons (Fsp3) is 0.211. The van der Waals surface area contributed by atoms with Crippen LogP contribution in [-0.2, 0) is 20.1 Å². The number of hydrogen-bond acceptors (Lipinski definition) is 2. The van der Waals surface area contributed by atoms with Crippen molar-refractivity contribution in [3.05, 3.63) is 81.8 Å². The number of thiophene rings is 1. The third kappa shape index (κ3) is 3.71. The second-order valence-corrected chi connectivity index (χ2v) is 6.75. The molecular weight excluding hydrogens is 304 g/mol. The van der Waals surface area contributed by atoms with E-state index in [1.807, 2.05) is 66.8 Å². The summed E-state index contributed by atoms with van der Waals surface area (Å²) < 4.78 is 2.06. The summed E-state index contributed by atoms with van der Waals surface area (Å²) in [5, 5.41) is 2.05. The van der Waals surface area contributed by atoms with Crippen LogP contribution in [0.15, 0.2) is 60.1 Å². The zero-order valence-electron chi connectivity index (χ0n) is 13.4. The van der Waals surface area contributed by atoms with Crippen molar-refractivity contribution in [3.8, 4) is 0 Å². The molecule has 0 bridgehead atoms. The van der Waals surface area contributed by atoms with Crippen LogP contribution in [0.2, 0.25) is 0 Å². The van der Waals surface area contributed by atoms with E-state index in [2.05, 4.69) is 16.7 Å². The average molecular weight is 324 g/mol. The topological polar surface area (TPSA) is 25.2 Å². The minimum absolute atomic E-state index is 0.0691. The van der Waals surface area contributed by atoms with E-state index < -0.39 is 0 Å². The Morgan fingerprint density at radius 3 is 2.48 bits per heavy atom. The van der Waals surface area contributed by atoms with E-state index in [-0.39, 0.29) is 5.91 Å². The molecule has 2 heterocycles. The standard InChI is InChI=1S/C19H20N2OS/c1-15-7-9-16(10-8-15)19(22)21(14-18-6-4-12-23-18)13-17-5-3-11-20(17)2/h3-12H,13-14H2,1-2H3. The second kappa shape index (κ2) is 6.84. The van der Waals surface area contributed by atoms with Crippen molar-refractivity contribution in [1.82, 2.24) is 9.47 Å². The molecule has 0 atom stereocenters. The van der Waals surface area contributed by atoms with E-state index in [1.165, 1.54) is 4.88 Å². The van der Waals surface area contributed by atoms with Gasteiger partial charge >= 0.3 is 0 Å². The van der Waals surface area contributed by atoms with Gasteiger partial charge in [-0.3, -0.25) is 4.79 Å². The van der Waals surface area contributed by atoms with Gasteiger partial charge in [0, 0.05) is 29.4 Å². The molecule has 0 aliphatic heterocycles. The van der Waals surface area contributed by atoms with Crippen LogP contribution in [0.25, 0.3) is 0 Å². The number of amides is 1. The number of benzene rings is 1. The molecule has 0 fully saturated rings. The van der Waals surface area contributed by atoms with Crippen molar-refractivity contribution >= 4 is 17.2 Å². The Hall–Kier alpha value is -2.33. The van der Waals surface area contributed by atoms with Gasteiger partial charge in [0.1, 0.15) is 0 Å². The Labute approximate surface area is 140 Å². The smallest absolute Gasteiger partial charge is 0.254 e. The van der Waals surface area contributed by atoms with Crippen LogP contribution in [0, 0.1) is 6.92 Å². The molecule has 4 heteroatoms. The highest BCUT2D eigenvalue weighted by molar-refractivity contribution is 7.09. The second-order valence-electron chi connectivity index (χ2n) is 5.72. The maximum absolute atomic E-state index is 12.9. The molecule has 0 N–H and O–H groups in total. The fourth-order valence-electron chi connectivity index (χ4n) is 2.53. The molecule has 3 rings (SSSR count).